The Morgan fingerprint density at radius 2 is 1.93 bits per heavy atom. The molecule has 2 aromatic carbocycles. The lowest BCUT2D eigenvalue weighted by Crippen LogP contribution is -2.25. The minimum absolute atomic E-state index is 0.0614. The maximum Gasteiger partial charge on any atom is 0.265 e. The van der Waals surface area contributed by atoms with Gasteiger partial charge in [0.15, 0.2) is 0 Å². The number of carbonyl (C=O) groups is 1. The van der Waals surface area contributed by atoms with Gasteiger partial charge in [0.2, 0.25) is 5.95 Å². The van der Waals surface area contributed by atoms with Crippen LogP contribution in [0, 0.1) is 0 Å². The average Bonchev–Trinajstić information content (AvgIpc) is 3.30. The van der Waals surface area contributed by atoms with Crippen molar-refractivity contribution in [2.24, 2.45) is 0 Å². The van der Waals surface area contributed by atoms with Crippen molar-refractivity contribution in [2.75, 3.05) is 5.32 Å². The van der Waals surface area contributed by atoms with Crippen LogP contribution in [0.4, 0.5) is 5.69 Å². The Morgan fingerprint density at radius 3 is 2.70 bits per heavy atom. The quantitative estimate of drug-likeness (QED) is 0.520. The third-order valence-electron chi connectivity index (χ3n) is 4.81. The van der Waals surface area contributed by atoms with Crippen LogP contribution in [-0.4, -0.2) is 25.7 Å². The molecule has 0 radical (unpaired) electrons. The van der Waals surface area contributed by atoms with Gasteiger partial charge < -0.3 is 5.32 Å². The van der Waals surface area contributed by atoms with E-state index in [4.69, 9.17) is 0 Å². The molecule has 0 saturated carbocycles. The third-order valence-corrected chi connectivity index (χ3v) is 4.81. The molecular formula is C23H21N5O2. The molecule has 0 aliphatic heterocycles. The Kier molecular flexibility index (Phi) is 5.52. The van der Waals surface area contributed by atoms with E-state index in [1.165, 1.54) is 22.0 Å². The molecule has 1 amide bonds. The summed E-state index contributed by atoms with van der Waals surface area (Å²) < 4.78 is 1.42. The molecule has 0 unspecified atom stereocenters. The highest BCUT2D eigenvalue weighted by Crippen LogP contribution is 2.20. The van der Waals surface area contributed by atoms with Crippen LogP contribution in [0.15, 0.2) is 78.0 Å². The number of benzene rings is 2. The number of aromatic amines is 1. The summed E-state index contributed by atoms with van der Waals surface area (Å²) in [5.74, 6) is -0.261. The molecule has 30 heavy (non-hydrogen) atoms. The second-order valence-corrected chi connectivity index (χ2v) is 6.86. The summed E-state index contributed by atoms with van der Waals surface area (Å²) in [5, 5.41) is 6.87. The molecule has 0 aliphatic rings. The van der Waals surface area contributed by atoms with Crippen molar-refractivity contribution in [2.45, 2.75) is 19.8 Å². The molecule has 4 rings (SSSR count). The fourth-order valence-corrected chi connectivity index (χ4v) is 3.22. The Labute approximate surface area is 173 Å². The molecule has 0 atom stereocenters. The molecule has 150 valence electrons. The monoisotopic (exact) mass is 399 g/mol. The number of carbonyl (C=O) groups excluding carboxylic acids is 1. The summed E-state index contributed by atoms with van der Waals surface area (Å²) in [6.07, 6.45) is 6.14. The molecule has 2 aromatic heterocycles. The van der Waals surface area contributed by atoms with Gasteiger partial charge in [-0.25, -0.2) is 9.67 Å². The summed E-state index contributed by atoms with van der Waals surface area (Å²) in [5.41, 5.74) is 3.48. The Balaban J connectivity index is 1.56. The number of hydrogen-bond acceptors (Lipinski definition) is 4. The number of nitrogens with one attached hydrogen (secondary N) is 2. The lowest BCUT2D eigenvalue weighted by atomic mass is 10.0. The predicted octanol–water partition coefficient (Wildman–Crippen LogP) is 3.36. The Morgan fingerprint density at radius 1 is 1.10 bits per heavy atom. The largest absolute Gasteiger partial charge is 0.322 e. The number of aryl methyl sites for hydroxylation is 1. The van der Waals surface area contributed by atoms with Gasteiger partial charge in [0.1, 0.15) is 5.56 Å². The van der Waals surface area contributed by atoms with Gasteiger partial charge in [0, 0.05) is 24.3 Å². The zero-order valence-electron chi connectivity index (χ0n) is 16.5. The number of nitrogens with zero attached hydrogens (tertiary/aromatic N) is 3. The number of rotatable bonds is 6. The highest BCUT2D eigenvalue weighted by Gasteiger charge is 2.15. The van der Waals surface area contributed by atoms with Gasteiger partial charge in [-0.05, 0) is 41.7 Å². The molecule has 4 aromatic rings. The van der Waals surface area contributed by atoms with E-state index in [2.05, 4.69) is 45.5 Å². The number of amides is 1. The van der Waals surface area contributed by atoms with Crippen LogP contribution in [0.2, 0.25) is 0 Å². The van der Waals surface area contributed by atoms with Crippen LogP contribution in [0.5, 0.6) is 0 Å². The summed E-state index contributed by atoms with van der Waals surface area (Å²) in [6, 6.07) is 17.7. The first kappa shape index (κ1) is 19.3. The van der Waals surface area contributed by atoms with Crippen LogP contribution in [0.1, 0.15) is 34.0 Å². The zero-order valence-corrected chi connectivity index (χ0v) is 16.5. The molecule has 2 heterocycles. The fourth-order valence-electron chi connectivity index (χ4n) is 3.22. The number of H-pyrrole nitrogens is 1. The minimum atomic E-state index is -0.527. The van der Waals surface area contributed by atoms with E-state index >= 15 is 0 Å². The minimum Gasteiger partial charge on any atom is -0.322 e. The molecule has 7 heteroatoms. The third kappa shape index (κ3) is 4.20. The predicted molar refractivity (Wildman–Crippen MR) is 115 cm³/mol. The SMILES string of the molecule is CCc1cccc(Cc2ccccc2NC(=O)c2cnc(-n3cccn3)[nH]c2=O)c1. The van der Waals surface area contributed by atoms with Crippen LogP contribution in [0.25, 0.3) is 5.95 Å². The van der Waals surface area contributed by atoms with E-state index in [1.54, 1.807) is 18.5 Å². The van der Waals surface area contributed by atoms with E-state index in [0.29, 0.717) is 12.1 Å². The molecule has 0 aliphatic carbocycles. The maximum atomic E-state index is 12.7. The molecule has 7 nitrogen and oxygen atoms in total. The summed E-state index contributed by atoms with van der Waals surface area (Å²) in [4.78, 5) is 31.9. The fraction of sp³-hybridized carbons (Fsp3) is 0.130. The second kappa shape index (κ2) is 8.57. The number of para-hydroxylation sites is 1. The van der Waals surface area contributed by atoms with Gasteiger partial charge in [-0.3, -0.25) is 14.6 Å². The van der Waals surface area contributed by atoms with E-state index in [-0.39, 0.29) is 11.5 Å². The summed E-state index contributed by atoms with van der Waals surface area (Å²) >= 11 is 0. The van der Waals surface area contributed by atoms with Crippen molar-refractivity contribution >= 4 is 11.6 Å². The van der Waals surface area contributed by atoms with Crippen LogP contribution < -0.4 is 10.9 Å². The highest BCUT2D eigenvalue weighted by atomic mass is 16.2. The first-order valence-corrected chi connectivity index (χ1v) is 9.70. The first-order valence-electron chi connectivity index (χ1n) is 9.70. The van der Waals surface area contributed by atoms with Crippen molar-refractivity contribution < 1.29 is 4.79 Å². The topological polar surface area (TPSA) is 92.7 Å². The Bertz CT molecular complexity index is 1230. The van der Waals surface area contributed by atoms with Crippen LogP contribution >= 0.6 is 0 Å². The van der Waals surface area contributed by atoms with Gasteiger partial charge in [0.05, 0.1) is 0 Å². The van der Waals surface area contributed by atoms with Crippen molar-refractivity contribution in [3.8, 4) is 5.95 Å². The molecule has 0 spiro atoms. The number of hydrogen-bond donors (Lipinski definition) is 2. The van der Waals surface area contributed by atoms with Crippen LogP contribution in [-0.2, 0) is 12.8 Å². The van der Waals surface area contributed by atoms with E-state index in [0.717, 1.165) is 12.0 Å². The molecule has 0 bridgehead atoms. The summed E-state index contributed by atoms with van der Waals surface area (Å²) in [7, 11) is 0. The second-order valence-electron chi connectivity index (χ2n) is 6.86. The van der Waals surface area contributed by atoms with Crippen molar-refractivity contribution in [3.05, 3.63) is 106 Å². The standard InChI is InChI=1S/C23H21N5O2/c1-2-16-7-5-8-17(13-16)14-18-9-3-4-10-20(18)26-21(29)19-15-24-23(27-22(19)30)28-12-6-11-25-28/h3-13,15H,2,14H2,1H3,(H,26,29)(H,24,27,30). The molecule has 0 saturated heterocycles. The van der Waals surface area contributed by atoms with E-state index in [1.807, 2.05) is 30.3 Å². The molecular weight excluding hydrogens is 378 g/mol. The lowest BCUT2D eigenvalue weighted by molar-refractivity contribution is 0.102. The van der Waals surface area contributed by atoms with Gasteiger partial charge in [-0.1, -0.05) is 49.4 Å². The average molecular weight is 399 g/mol. The highest BCUT2D eigenvalue weighted by molar-refractivity contribution is 6.04. The van der Waals surface area contributed by atoms with Gasteiger partial charge in [0.25, 0.3) is 11.5 Å². The van der Waals surface area contributed by atoms with E-state index < -0.39 is 11.5 Å². The first-order chi connectivity index (χ1) is 14.6. The maximum absolute atomic E-state index is 12.7. The smallest absolute Gasteiger partial charge is 0.265 e. The van der Waals surface area contributed by atoms with Crippen molar-refractivity contribution in [1.29, 1.82) is 0 Å². The molecule has 0 fully saturated rings. The van der Waals surface area contributed by atoms with Gasteiger partial charge >= 0.3 is 0 Å². The Hall–Kier alpha value is -4.00. The van der Waals surface area contributed by atoms with Crippen molar-refractivity contribution in [3.63, 3.8) is 0 Å². The number of anilines is 1. The summed E-state index contributed by atoms with van der Waals surface area (Å²) in [6.45, 7) is 2.12. The zero-order chi connectivity index (χ0) is 20.9. The van der Waals surface area contributed by atoms with Gasteiger partial charge in [-0.2, -0.15) is 5.10 Å². The van der Waals surface area contributed by atoms with Crippen LogP contribution in [0.3, 0.4) is 0 Å². The molecule has 2 N–H and O–H groups in total. The van der Waals surface area contributed by atoms with E-state index in [9.17, 15) is 9.59 Å². The number of aromatic nitrogens is 4. The van der Waals surface area contributed by atoms with Crippen molar-refractivity contribution in [1.82, 2.24) is 19.7 Å². The van der Waals surface area contributed by atoms with Gasteiger partial charge in [-0.15, -0.1) is 0 Å². The normalized spacial score (nSPS) is 10.7. The lowest BCUT2D eigenvalue weighted by Gasteiger charge is -2.12.